The van der Waals surface area contributed by atoms with E-state index in [1.807, 2.05) is 6.92 Å². The lowest BCUT2D eigenvalue weighted by molar-refractivity contribution is 0.102. The first-order valence-electron chi connectivity index (χ1n) is 5.35. The van der Waals surface area contributed by atoms with Crippen molar-refractivity contribution >= 4 is 17.4 Å². The van der Waals surface area contributed by atoms with Crippen LogP contribution >= 0.6 is 0 Å². The van der Waals surface area contributed by atoms with Crippen LogP contribution in [0.5, 0.6) is 0 Å². The topological polar surface area (TPSA) is 92.9 Å². The largest absolute Gasteiger partial charge is 0.324 e. The maximum atomic E-state index is 12.0. The summed E-state index contributed by atoms with van der Waals surface area (Å²) in [5.74, 6) is 5.49. The molecular formula is C12H13N5O. The standard InChI is InChI=1S/C12H13N5O/c1-8-6-9(17-13)2-3-10(8)12(18)16-11-7-14-4-5-15-11/h2-7,17H,13H2,1H3,(H,15,16,18). The molecule has 18 heavy (non-hydrogen) atoms. The molecule has 0 aliphatic heterocycles. The molecule has 0 aliphatic rings. The molecule has 6 heteroatoms. The van der Waals surface area contributed by atoms with Crippen molar-refractivity contribution in [3.8, 4) is 0 Å². The molecule has 0 aliphatic carbocycles. The van der Waals surface area contributed by atoms with E-state index in [1.165, 1.54) is 12.4 Å². The number of hydrogen-bond acceptors (Lipinski definition) is 5. The monoisotopic (exact) mass is 243 g/mol. The molecule has 0 saturated heterocycles. The van der Waals surface area contributed by atoms with Crippen LogP contribution in [0.2, 0.25) is 0 Å². The second kappa shape index (κ2) is 5.24. The average Bonchev–Trinajstić information content (AvgIpc) is 2.39. The van der Waals surface area contributed by atoms with Gasteiger partial charge in [-0.3, -0.25) is 15.6 Å². The number of aryl methyl sites for hydroxylation is 1. The fourth-order valence-corrected chi connectivity index (χ4v) is 1.56. The summed E-state index contributed by atoms with van der Waals surface area (Å²) in [6.07, 6.45) is 4.55. The van der Waals surface area contributed by atoms with E-state index in [9.17, 15) is 4.79 Å². The predicted octanol–water partition coefficient (Wildman–Crippen LogP) is 1.32. The number of nitrogen functional groups attached to an aromatic ring is 1. The molecule has 0 spiro atoms. The predicted molar refractivity (Wildman–Crippen MR) is 69.0 cm³/mol. The van der Waals surface area contributed by atoms with E-state index >= 15 is 0 Å². The molecular weight excluding hydrogens is 230 g/mol. The minimum atomic E-state index is -0.225. The summed E-state index contributed by atoms with van der Waals surface area (Å²) >= 11 is 0. The highest BCUT2D eigenvalue weighted by Gasteiger charge is 2.10. The van der Waals surface area contributed by atoms with Crippen molar-refractivity contribution in [1.82, 2.24) is 9.97 Å². The maximum absolute atomic E-state index is 12.0. The van der Waals surface area contributed by atoms with Gasteiger partial charge in [0.05, 0.1) is 6.20 Å². The summed E-state index contributed by atoms with van der Waals surface area (Å²) < 4.78 is 0. The number of carbonyl (C=O) groups is 1. The molecule has 92 valence electrons. The molecule has 1 amide bonds. The Morgan fingerprint density at radius 3 is 2.78 bits per heavy atom. The first-order valence-corrected chi connectivity index (χ1v) is 5.35. The van der Waals surface area contributed by atoms with Crippen molar-refractivity contribution < 1.29 is 4.79 Å². The smallest absolute Gasteiger partial charge is 0.257 e. The van der Waals surface area contributed by atoms with Crippen molar-refractivity contribution in [3.63, 3.8) is 0 Å². The number of nitrogens with one attached hydrogen (secondary N) is 2. The van der Waals surface area contributed by atoms with E-state index in [-0.39, 0.29) is 5.91 Å². The number of aromatic nitrogens is 2. The Hall–Kier alpha value is -2.47. The van der Waals surface area contributed by atoms with Gasteiger partial charge in [-0.05, 0) is 30.7 Å². The zero-order chi connectivity index (χ0) is 13.0. The summed E-state index contributed by atoms with van der Waals surface area (Å²) in [5, 5.41) is 2.67. The minimum Gasteiger partial charge on any atom is -0.324 e. The molecule has 2 rings (SSSR count). The highest BCUT2D eigenvalue weighted by molar-refractivity contribution is 6.04. The lowest BCUT2D eigenvalue weighted by Crippen LogP contribution is -2.15. The van der Waals surface area contributed by atoms with E-state index in [1.54, 1.807) is 24.4 Å². The third-order valence-electron chi connectivity index (χ3n) is 2.44. The van der Waals surface area contributed by atoms with Gasteiger partial charge in [-0.1, -0.05) is 0 Å². The van der Waals surface area contributed by atoms with Crippen molar-refractivity contribution in [2.75, 3.05) is 10.7 Å². The Labute approximate surface area is 104 Å². The van der Waals surface area contributed by atoms with E-state index in [2.05, 4.69) is 20.7 Å². The molecule has 1 aromatic heterocycles. The Morgan fingerprint density at radius 2 is 2.17 bits per heavy atom. The van der Waals surface area contributed by atoms with E-state index in [0.717, 1.165) is 11.3 Å². The number of rotatable bonds is 3. The number of hydrogen-bond donors (Lipinski definition) is 3. The molecule has 0 saturated carbocycles. The number of hydrazine groups is 1. The summed E-state index contributed by atoms with van der Waals surface area (Å²) in [7, 11) is 0. The first-order chi connectivity index (χ1) is 8.70. The van der Waals surface area contributed by atoms with Crippen LogP contribution in [0.1, 0.15) is 15.9 Å². The Balaban J connectivity index is 2.19. The highest BCUT2D eigenvalue weighted by atomic mass is 16.1. The Bertz CT molecular complexity index is 556. The SMILES string of the molecule is Cc1cc(NN)ccc1C(=O)Nc1cnccn1. The van der Waals surface area contributed by atoms with Crippen LogP contribution in [0.15, 0.2) is 36.8 Å². The van der Waals surface area contributed by atoms with E-state index in [4.69, 9.17) is 5.84 Å². The van der Waals surface area contributed by atoms with Crippen LogP contribution in [0.25, 0.3) is 0 Å². The van der Waals surface area contributed by atoms with Gasteiger partial charge in [0.25, 0.3) is 5.91 Å². The number of carbonyl (C=O) groups excluding carboxylic acids is 1. The number of anilines is 2. The van der Waals surface area contributed by atoms with Gasteiger partial charge in [0.15, 0.2) is 5.82 Å². The van der Waals surface area contributed by atoms with Gasteiger partial charge in [0, 0.05) is 23.6 Å². The fraction of sp³-hybridized carbons (Fsp3) is 0.0833. The van der Waals surface area contributed by atoms with Crippen molar-refractivity contribution in [2.45, 2.75) is 6.92 Å². The summed E-state index contributed by atoms with van der Waals surface area (Å²) in [4.78, 5) is 19.9. The van der Waals surface area contributed by atoms with Crippen LogP contribution in [0, 0.1) is 6.92 Å². The average molecular weight is 243 g/mol. The van der Waals surface area contributed by atoms with Crippen molar-refractivity contribution in [1.29, 1.82) is 0 Å². The number of nitrogens with zero attached hydrogens (tertiary/aromatic N) is 2. The van der Waals surface area contributed by atoms with Gasteiger partial charge in [-0.15, -0.1) is 0 Å². The van der Waals surface area contributed by atoms with Gasteiger partial charge in [0.1, 0.15) is 0 Å². The van der Waals surface area contributed by atoms with Crippen LogP contribution in [0.3, 0.4) is 0 Å². The van der Waals surface area contributed by atoms with Crippen molar-refractivity contribution in [3.05, 3.63) is 47.9 Å². The second-order valence-corrected chi connectivity index (χ2v) is 3.72. The van der Waals surface area contributed by atoms with Gasteiger partial charge in [-0.25, -0.2) is 4.98 Å². The molecule has 6 nitrogen and oxygen atoms in total. The molecule has 0 unspecified atom stereocenters. The quantitative estimate of drug-likeness (QED) is 0.558. The molecule has 0 atom stereocenters. The van der Waals surface area contributed by atoms with Gasteiger partial charge >= 0.3 is 0 Å². The fourth-order valence-electron chi connectivity index (χ4n) is 1.56. The molecule has 4 N–H and O–H groups in total. The molecule has 2 aromatic rings. The summed E-state index contributed by atoms with van der Waals surface area (Å²) in [6.45, 7) is 1.84. The number of nitrogens with two attached hydrogens (primary N) is 1. The molecule has 0 fully saturated rings. The highest BCUT2D eigenvalue weighted by Crippen LogP contribution is 2.15. The van der Waals surface area contributed by atoms with Crippen molar-refractivity contribution in [2.24, 2.45) is 5.84 Å². The van der Waals surface area contributed by atoms with Crippen LogP contribution < -0.4 is 16.6 Å². The van der Waals surface area contributed by atoms with Gasteiger partial charge < -0.3 is 10.7 Å². The Kier molecular flexibility index (Phi) is 3.49. The zero-order valence-electron chi connectivity index (χ0n) is 9.84. The maximum Gasteiger partial charge on any atom is 0.257 e. The van der Waals surface area contributed by atoms with Gasteiger partial charge in [0.2, 0.25) is 0 Å². The molecule has 0 bridgehead atoms. The third kappa shape index (κ3) is 2.61. The molecule has 1 heterocycles. The third-order valence-corrected chi connectivity index (χ3v) is 2.44. The summed E-state index contributed by atoms with van der Waals surface area (Å²) in [5.41, 5.74) is 4.68. The second-order valence-electron chi connectivity index (χ2n) is 3.72. The molecule has 0 radical (unpaired) electrons. The van der Waals surface area contributed by atoms with Crippen LogP contribution in [-0.2, 0) is 0 Å². The number of amides is 1. The normalized spacial score (nSPS) is 9.89. The molecule has 1 aromatic carbocycles. The van der Waals surface area contributed by atoms with Crippen LogP contribution in [0.4, 0.5) is 11.5 Å². The van der Waals surface area contributed by atoms with E-state index in [0.29, 0.717) is 11.4 Å². The minimum absolute atomic E-state index is 0.225. The summed E-state index contributed by atoms with van der Waals surface area (Å²) in [6, 6.07) is 5.24. The Morgan fingerprint density at radius 1 is 1.33 bits per heavy atom. The van der Waals surface area contributed by atoms with E-state index < -0.39 is 0 Å². The lowest BCUT2D eigenvalue weighted by atomic mass is 10.1. The zero-order valence-corrected chi connectivity index (χ0v) is 9.84. The van der Waals surface area contributed by atoms with Gasteiger partial charge in [-0.2, -0.15) is 0 Å². The lowest BCUT2D eigenvalue weighted by Gasteiger charge is -2.08. The first kappa shape index (κ1) is 12.0. The van der Waals surface area contributed by atoms with Crippen LogP contribution in [-0.4, -0.2) is 15.9 Å². The number of benzene rings is 1.